The van der Waals surface area contributed by atoms with Crippen LogP contribution < -0.4 is 14.8 Å². The van der Waals surface area contributed by atoms with E-state index < -0.39 is 9.84 Å². The number of fused-ring (bicyclic) bond motifs is 1. The number of nitrogens with one attached hydrogen (secondary N) is 2. The van der Waals surface area contributed by atoms with Gasteiger partial charge in [-0.15, -0.1) is 0 Å². The van der Waals surface area contributed by atoms with Crippen LogP contribution in [0.4, 0.5) is 0 Å². The van der Waals surface area contributed by atoms with Crippen molar-refractivity contribution in [2.45, 2.75) is 42.5 Å². The maximum Gasteiger partial charge on any atom is 0.251 e. The summed E-state index contributed by atoms with van der Waals surface area (Å²) in [5, 5.41) is 3.13. The number of hydrogen-bond donors (Lipinski definition) is 2. The van der Waals surface area contributed by atoms with Gasteiger partial charge in [-0.25, -0.2) is 13.4 Å². The summed E-state index contributed by atoms with van der Waals surface area (Å²) in [6.45, 7) is 0. The largest absolute Gasteiger partial charge is 0.497 e. The minimum absolute atomic E-state index is 0.0123. The van der Waals surface area contributed by atoms with E-state index in [0.29, 0.717) is 22.6 Å². The van der Waals surface area contributed by atoms with Gasteiger partial charge in [-0.05, 0) is 49.6 Å². The number of carbonyl (C=O) groups excluding carboxylic acids is 1. The molecule has 9 heteroatoms. The van der Waals surface area contributed by atoms with Gasteiger partial charge >= 0.3 is 0 Å². The summed E-state index contributed by atoms with van der Waals surface area (Å²) in [5.41, 5.74) is 1.93. The van der Waals surface area contributed by atoms with Crippen molar-refractivity contribution >= 4 is 26.8 Å². The van der Waals surface area contributed by atoms with Crippen LogP contribution in [-0.2, 0) is 9.84 Å². The van der Waals surface area contributed by atoms with E-state index in [1.165, 1.54) is 6.26 Å². The molecule has 4 rings (SSSR count). The van der Waals surface area contributed by atoms with E-state index >= 15 is 0 Å². The number of nitrogens with zero attached hydrogens (tertiary/aromatic N) is 1. The Morgan fingerprint density at radius 2 is 1.81 bits per heavy atom. The van der Waals surface area contributed by atoms with Crippen LogP contribution in [0.3, 0.4) is 0 Å². The average Bonchev–Trinajstić information content (AvgIpc) is 3.22. The lowest BCUT2D eigenvalue weighted by atomic mass is 9.85. The summed E-state index contributed by atoms with van der Waals surface area (Å²) in [6, 6.07) is 10.1. The molecular weight excluding hydrogens is 430 g/mol. The SMILES string of the molecule is COc1cc(OC)cc(C(=O)N[C@@H]2CCC[C@@H](c3nc4cc(S(C)(=O)=O)ccc4[nH]3)C2)c1. The Kier molecular flexibility index (Phi) is 6.10. The van der Waals surface area contributed by atoms with Crippen molar-refractivity contribution < 1.29 is 22.7 Å². The molecule has 1 aliphatic rings. The zero-order chi connectivity index (χ0) is 22.9. The number of ether oxygens (including phenoxy) is 2. The van der Waals surface area contributed by atoms with Crippen molar-refractivity contribution in [1.29, 1.82) is 0 Å². The van der Waals surface area contributed by atoms with Crippen LogP contribution in [0.15, 0.2) is 41.3 Å². The first kappa shape index (κ1) is 22.1. The monoisotopic (exact) mass is 457 g/mol. The second-order valence-corrected chi connectivity index (χ2v) is 10.2. The maximum absolute atomic E-state index is 12.9. The highest BCUT2D eigenvalue weighted by molar-refractivity contribution is 7.90. The number of methoxy groups -OCH3 is 2. The Labute approximate surface area is 187 Å². The molecule has 0 saturated heterocycles. The molecule has 8 nitrogen and oxygen atoms in total. The highest BCUT2D eigenvalue weighted by Gasteiger charge is 2.27. The molecular formula is C23H27N3O5S. The molecule has 2 atom stereocenters. The van der Waals surface area contributed by atoms with E-state index in [-0.39, 0.29) is 22.8 Å². The van der Waals surface area contributed by atoms with Gasteiger partial charge in [0.2, 0.25) is 0 Å². The molecule has 2 aromatic carbocycles. The second kappa shape index (κ2) is 8.82. The fraction of sp³-hybridized carbons (Fsp3) is 0.391. The van der Waals surface area contributed by atoms with E-state index in [0.717, 1.165) is 37.0 Å². The second-order valence-electron chi connectivity index (χ2n) is 8.21. The van der Waals surface area contributed by atoms with Crippen molar-refractivity contribution in [3.05, 3.63) is 47.8 Å². The van der Waals surface area contributed by atoms with Gasteiger partial charge in [-0.3, -0.25) is 4.79 Å². The fourth-order valence-corrected chi connectivity index (χ4v) is 4.85. The van der Waals surface area contributed by atoms with Crippen molar-refractivity contribution in [2.75, 3.05) is 20.5 Å². The third-order valence-electron chi connectivity index (χ3n) is 5.91. The lowest BCUT2D eigenvalue weighted by Crippen LogP contribution is -2.38. The molecule has 0 spiro atoms. The van der Waals surface area contributed by atoms with Gasteiger partial charge in [0.1, 0.15) is 17.3 Å². The molecule has 2 N–H and O–H groups in total. The van der Waals surface area contributed by atoms with E-state index in [4.69, 9.17) is 9.47 Å². The molecule has 1 amide bonds. The summed E-state index contributed by atoms with van der Waals surface area (Å²) in [7, 11) is -0.188. The van der Waals surface area contributed by atoms with Gasteiger partial charge in [0.25, 0.3) is 5.91 Å². The van der Waals surface area contributed by atoms with Crippen molar-refractivity contribution in [1.82, 2.24) is 15.3 Å². The lowest BCUT2D eigenvalue weighted by molar-refractivity contribution is 0.0924. The van der Waals surface area contributed by atoms with Crippen LogP contribution in [0.25, 0.3) is 11.0 Å². The van der Waals surface area contributed by atoms with Gasteiger partial charge in [0, 0.05) is 29.8 Å². The average molecular weight is 458 g/mol. The van der Waals surface area contributed by atoms with Gasteiger partial charge in [0.15, 0.2) is 9.84 Å². The molecule has 1 aromatic heterocycles. The minimum atomic E-state index is -3.29. The summed E-state index contributed by atoms with van der Waals surface area (Å²) in [5.74, 6) is 1.93. The Morgan fingerprint density at radius 1 is 1.09 bits per heavy atom. The first-order valence-corrected chi connectivity index (χ1v) is 12.4. The zero-order valence-electron chi connectivity index (χ0n) is 18.3. The molecule has 32 heavy (non-hydrogen) atoms. The minimum Gasteiger partial charge on any atom is -0.497 e. The molecule has 3 aromatic rings. The Hall–Kier alpha value is -3.07. The molecule has 1 fully saturated rings. The molecule has 0 unspecified atom stereocenters. The van der Waals surface area contributed by atoms with E-state index in [2.05, 4.69) is 15.3 Å². The molecule has 1 saturated carbocycles. The van der Waals surface area contributed by atoms with Crippen LogP contribution in [0.2, 0.25) is 0 Å². The smallest absolute Gasteiger partial charge is 0.251 e. The maximum atomic E-state index is 12.9. The lowest BCUT2D eigenvalue weighted by Gasteiger charge is -2.28. The number of hydrogen-bond acceptors (Lipinski definition) is 6. The number of carbonyl (C=O) groups is 1. The number of aromatic nitrogens is 2. The van der Waals surface area contributed by atoms with Crippen LogP contribution >= 0.6 is 0 Å². The molecule has 1 aliphatic carbocycles. The molecule has 170 valence electrons. The third-order valence-corrected chi connectivity index (χ3v) is 7.02. The highest BCUT2D eigenvalue weighted by Crippen LogP contribution is 2.33. The standard InChI is InChI=1S/C23H27N3O5S/c1-30-17-10-15(11-18(12-17)31-2)23(27)24-16-6-4-5-14(9-16)22-25-20-8-7-19(32(3,28)29)13-21(20)26-22/h7-8,10-14,16H,4-6,9H2,1-3H3,(H,24,27)(H,25,26)/t14-,16-/m1/s1. The molecule has 0 aliphatic heterocycles. The Balaban J connectivity index is 1.49. The van der Waals surface area contributed by atoms with Gasteiger partial charge < -0.3 is 19.8 Å². The number of benzene rings is 2. The number of imidazole rings is 1. The van der Waals surface area contributed by atoms with Crippen LogP contribution in [-0.4, -0.2) is 50.8 Å². The highest BCUT2D eigenvalue weighted by atomic mass is 32.2. The van der Waals surface area contributed by atoms with Crippen molar-refractivity contribution in [3.8, 4) is 11.5 Å². The van der Waals surface area contributed by atoms with Crippen molar-refractivity contribution in [2.24, 2.45) is 0 Å². The normalized spacial score (nSPS) is 19.0. The zero-order valence-corrected chi connectivity index (χ0v) is 19.2. The summed E-state index contributed by atoms with van der Waals surface area (Å²) >= 11 is 0. The van der Waals surface area contributed by atoms with Crippen LogP contribution in [0.5, 0.6) is 11.5 Å². The number of sulfone groups is 1. The predicted molar refractivity (Wildman–Crippen MR) is 121 cm³/mol. The van der Waals surface area contributed by atoms with Gasteiger partial charge in [0.05, 0.1) is 30.1 Å². The Morgan fingerprint density at radius 3 is 2.47 bits per heavy atom. The van der Waals surface area contributed by atoms with Crippen LogP contribution in [0.1, 0.15) is 47.8 Å². The number of aromatic amines is 1. The first-order valence-electron chi connectivity index (χ1n) is 10.5. The Bertz CT molecular complexity index is 1230. The summed E-state index contributed by atoms with van der Waals surface area (Å²) in [6.07, 6.45) is 4.75. The third kappa shape index (κ3) is 4.72. The number of rotatable bonds is 6. The van der Waals surface area contributed by atoms with Gasteiger partial charge in [-0.2, -0.15) is 0 Å². The predicted octanol–water partition coefficient (Wildman–Crippen LogP) is 3.44. The van der Waals surface area contributed by atoms with E-state index in [1.807, 2.05) is 0 Å². The van der Waals surface area contributed by atoms with Gasteiger partial charge in [-0.1, -0.05) is 6.42 Å². The first-order chi connectivity index (χ1) is 15.3. The number of amides is 1. The molecule has 1 heterocycles. The summed E-state index contributed by atoms with van der Waals surface area (Å²) in [4.78, 5) is 21.1. The molecule has 0 radical (unpaired) electrons. The fourth-order valence-electron chi connectivity index (χ4n) is 4.21. The quantitative estimate of drug-likeness (QED) is 0.587. The van der Waals surface area contributed by atoms with Crippen molar-refractivity contribution in [3.63, 3.8) is 0 Å². The van der Waals surface area contributed by atoms with E-state index in [1.54, 1.807) is 50.6 Å². The van der Waals surface area contributed by atoms with E-state index in [9.17, 15) is 13.2 Å². The van der Waals surface area contributed by atoms with Crippen LogP contribution in [0, 0.1) is 0 Å². The summed E-state index contributed by atoms with van der Waals surface area (Å²) < 4.78 is 34.2. The number of H-pyrrole nitrogens is 1. The molecule has 0 bridgehead atoms. The topological polar surface area (TPSA) is 110 Å².